The summed E-state index contributed by atoms with van der Waals surface area (Å²) in [5.41, 5.74) is 0.545. The highest BCUT2D eigenvalue weighted by atomic mass is 32.1. The molecule has 2 saturated carbocycles. The SMILES string of the molecule is COC(=O)c1sc(C(C)(C)C)cc1N(C(=O)C1CCC(C)CC1)C1CCC(=O)CC1. The van der Waals surface area contributed by atoms with E-state index in [4.69, 9.17) is 4.74 Å². The highest BCUT2D eigenvalue weighted by molar-refractivity contribution is 7.14. The summed E-state index contributed by atoms with van der Waals surface area (Å²) in [6, 6.07) is 1.97. The predicted octanol–water partition coefficient (Wildman–Crippen LogP) is 5.50. The molecule has 1 aromatic rings. The zero-order chi connectivity index (χ0) is 22.1. The first-order chi connectivity index (χ1) is 14.1. The maximum atomic E-state index is 13.8. The highest BCUT2D eigenvalue weighted by Crippen LogP contribution is 2.41. The van der Waals surface area contributed by atoms with Crippen molar-refractivity contribution < 1.29 is 19.1 Å². The smallest absolute Gasteiger partial charge is 0.350 e. The van der Waals surface area contributed by atoms with Crippen LogP contribution in [0.3, 0.4) is 0 Å². The van der Waals surface area contributed by atoms with Crippen molar-refractivity contribution in [3.63, 3.8) is 0 Å². The number of ketones is 1. The molecule has 3 rings (SSSR count). The maximum Gasteiger partial charge on any atom is 0.350 e. The van der Waals surface area contributed by atoms with Crippen molar-refractivity contribution in [1.29, 1.82) is 0 Å². The minimum atomic E-state index is -0.396. The van der Waals surface area contributed by atoms with E-state index in [2.05, 4.69) is 27.7 Å². The van der Waals surface area contributed by atoms with Crippen LogP contribution in [0.2, 0.25) is 0 Å². The van der Waals surface area contributed by atoms with Crippen LogP contribution in [-0.4, -0.2) is 30.8 Å². The molecule has 2 aliphatic rings. The number of hydrogen-bond acceptors (Lipinski definition) is 5. The topological polar surface area (TPSA) is 63.7 Å². The number of hydrogen-bond donors (Lipinski definition) is 0. The van der Waals surface area contributed by atoms with Gasteiger partial charge < -0.3 is 9.64 Å². The third-order valence-corrected chi connectivity index (χ3v) is 8.09. The molecular formula is C24H35NO4S. The number of Topliss-reactive ketones (excluding diaryl/α,β-unsaturated/α-hetero) is 1. The number of ether oxygens (including phenoxy) is 1. The average molecular weight is 434 g/mol. The summed E-state index contributed by atoms with van der Waals surface area (Å²) >= 11 is 1.42. The van der Waals surface area contributed by atoms with E-state index < -0.39 is 5.97 Å². The number of carbonyl (C=O) groups excluding carboxylic acids is 3. The summed E-state index contributed by atoms with van der Waals surface area (Å²) in [6.45, 7) is 8.57. The molecule has 0 saturated heterocycles. The Morgan fingerprint density at radius 1 is 1.07 bits per heavy atom. The van der Waals surface area contributed by atoms with Crippen LogP contribution >= 0.6 is 11.3 Å². The van der Waals surface area contributed by atoms with Gasteiger partial charge in [-0.2, -0.15) is 0 Å². The number of anilines is 1. The molecule has 0 aromatic carbocycles. The second-order valence-electron chi connectivity index (χ2n) is 10.0. The van der Waals surface area contributed by atoms with Crippen molar-refractivity contribution >= 4 is 34.7 Å². The van der Waals surface area contributed by atoms with Crippen molar-refractivity contribution in [2.45, 2.75) is 90.5 Å². The Morgan fingerprint density at radius 3 is 2.20 bits per heavy atom. The molecule has 5 nitrogen and oxygen atoms in total. The fourth-order valence-corrected chi connectivity index (χ4v) is 5.68. The minimum absolute atomic E-state index is 0.0117. The fourth-order valence-electron chi connectivity index (χ4n) is 4.55. The zero-order valence-corrected chi connectivity index (χ0v) is 19.8. The van der Waals surface area contributed by atoms with Crippen molar-refractivity contribution in [2.24, 2.45) is 11.8 Å². The lowest BCUT2D eigenvalue weighted by atomic mass is 9.81. The molecular weight excluding hydrogens is 398 g/mol. The highest BCUT2D eigenvalue weighted by Gasteiger charge is 2.38. The van der Waals surface area contributed by atoms with E-state index in [9.17, 15) is 14.4 Å². The van der Waals surface area contributed by atoms with Gasteiger partial charge >= 0.3 is 5.97 Å². The first kappa shape index (κ1) is 23.0. The number of nitrogens with zero attached hydrogens (tertiary/aromatic N) is 1. The lowest BCUT2D eigenvalue weighted by Crippen LogP contribution is -2.46. The number of methoxy groups -OCH3 is 1. The van der Waals surface area contributed by atoms with Crippen molar-refractivity contribution in [3.05, 3.63) is 15.8 Å². The average Bonchev–Trinajstić information content (AvgIpc) is 3.15. The van der Waals surface area contributed by atoms with Crippen molar-refractivity contribution in [1.82, 2.24) is 0 Å². The number of amides is 1. The lowest BCUT2D eigenvalue weighted by Gasteiger charge is -2.37. The van der Waals surface area contributed by atoms with Crippen molar-refractivity contribution in [2.75, 3.05) is 12.0 Å². The van der Waals surface area contributed by atoms with Crippen LogP contribution in [0.1, 0.15) is 93.6 Å². The van der Waals surface area contributed by atoms with Gasteiger partial charge in [0.15, 0.2) is 0 Å². The van der Waals surface area contributed by atoms with E-state index in [1.165, 1.54) is 18.4 Å². The summed E-state index contributed by atoms with van der Waals surface area (Å²) in [5, 5.41) is 0. The summed E-state index contributed by atoms with van der Waals surface area (Å²) < 4.78 is 5.08. The molecule has 1 aromatic heterocycles. The van der Waals surface area contributed by atoms with E-state index in [-0.39, 0.29) is 29.1 Å². The molecule has 1 amide bonds. The Labute approximate surface area is 184 Å². The monoisotopic (exact) mass is 433 g/mol. The van der Waals surface area contributed by atoms with Crippen LogP contribution in [0, 0.1) is 11.8 Å². The Balaban J connectivity index is 2.03. The first-order valence-electron chi connectivity index (χ1n) is 11.2. The summed E-state index contributed by atoms with van der Waals surface area (Å²) in [7, 11) is 1.39. The number of esters is 1. The van der Waals surface area contributed by atoms with E-state index in [0.717, 1.165) is 30.6 Å². The van der Waals surface area contributed by atoms with E-state index >= 15 is 0 Å². The molecule has 2 aliphatic carbocycles. The van der Waals surface area contributed by atoms with Gasteiger partial charge in [0, 0.05) is 29.7 Å². The first-order valence-corrected chi connectivity index (χ1v) is 12.0. The second kappa shape index (κ2) is 9.21. The third-order valence-electron chi connectivity index (χ3n) is 6.56. The van der Waals surface area contributed by atoms with Crippen LogP contribution in [0.4, 0.5) is 5.69 Å². The minimum Gasteiger partial charge on any atom is -0.465 e. The quantitative estimate of drug-likeness (QED) is 0.588. The van der Waals surface area contributed by atoms with Crippen LogP contribution < -0.4 is 4.90 Å². The molecule has 0 bridgehead atoms. The standard InChI is InChI=1S/C24H35NO4S/c1-15-6-8-16(9-7-15)22(27)25(17-10-12-18(26)13-11-17)19-14-20(24(2,3)4)30-21(19)23(28)29-5/h14-17H,6-13H2,1-5H3. The van der Waals surface area contributed by atoms with Gasteiger partial charge in [-0.25, -0.2) is 4.79 Å². The van der Waals surface area contributed by atoms with Gasteiger partial charge in [0.2, 0.25) is 5.91 Å². The summed E-state index contributed by atoms with van der Waals surface area (Å²) in [5.74, 6) is 0.632. The molecule has 6 heteroatoms. The number of carbonyl (C=O) groups is 3. The van der Waals surface area contributed by atoms with E-state index in [0.29, 0.717) is 42.2 Å². The normalized spacial score (nSPS) is 23.3. The third kappa shape index (κ3) is 4.96. The molecule has 0 atom stereocenters. The van der Waals surface area contributed by atoms with Crippen LogP contribution in [0.25, 0.3) is 0 Å². The van der Waals surface area contributed by atoms with Gasteiger partial charge in [-0.3, -0.25) is 9.59 Å². The van der Waals surface area contributed by atoms with Gasteiger partial charge in [0.1, 0.15) is 10.7 Å². The molecule has 0 spiro atoms. The molecule has 0 aliphatic heterocycles. The van der Waals surface area contributed by atoms with Gasteiger partial charge in [-0.05, 0) is 55.9 Å². The Hall–Kier alpha value is -1.69. The molecule has 0 N–H and O–H groups in total. The van der Waals surface area contributed by atoms with E-state index in [1.807, 2.05) is 11.0 Å². The number of rotatable bonds is 4. The van der Waals surface area contributed by atoms with Crippen LogP contribution in [-0.2, 0) is 19.7 Å². The van der Waals surface area contributed by atoms with Gasteiger partial charge in [-0.15, -0.1) is 11.3 Å². The molecule has 0 radical (unpaired) electrons. The molecule has 1 heterocycles. The Kier molecular flexibility index (Phi) is 7.05. The van der Waals surface area contributed by atoms with Crippen LogP contribution in [0.15, 0.2) is 6.07 Å². The molecule has 30 heavy (non-hydrogen) atoms. The van der Waals surface area contributed by atoms with Crippen LogP contribution in [0.5, 0.6) is 0 Å². The van der Waals surface area contributed by atoms with Crippen molar-refractivity contribution in [3.8, 4) is 0 Å². The Morgan fingerprint density at radius 2 is 1.67 bits per heavy atom. The van der Waals surface area contributed by atoms with E-state index in [1.54, 1.807) is 0 Å². The van der Waals surface area contributed by atoms with Gasteiger partial charge in [0.05, 0.1) is 12.8 Å². The molecule has 0 unspecified atom stereocenters. The Bertz CT molecular complexity index is 789. The second-order valence-corrected chi connectivity index (χ2v) is 11.1. The predicted molar refractivity (Wildman–Crippen MR) is 120 cm³/mol. The van der Waals surface area contributed by atoms with Gasteiger partial charge in [-0.1, -0.05) is 27.7 Å². The zero-order valence-electron chi connectivity index (χ0n) is 19.0. The molecule has 166 valence electrons. The lowest BCUT2D eigenvalue weighted by molar-refractivity contribution is -0.125. The van der Waals surface area contributed by atoms with Gasteiger partial charge in [0.25, 0.3) is 0 Å². The number of thiophene rings is 1. The summed E-state index contributed by atoms with van der Waals surface area (Å²) in [6.07, 6.45) is 6.24. The molecule has 2 fully saturated rings. The largest absolute Gasteiger partial charge is 0.465 e. The summed E-state index contributed by atoms with van der Waals surface area (Å²) in [4.78, 5) is 41.7. The maximum absolute atomic E-state index is 13.8. The fraction of sp³-hybridized carbons (Fsp3) is 0.708.